The number of hydrogen-bond donors (Lipinski definition) is 3. The zero-order valence-electron chi connectivity index (χ0n) is 13.9. The van der Waals surface area contributed by atoms with Crippen LogP contribution in [0.25, 0.3) is 0 Å². The minimum atomic E-state index is -0.537. The van der Waals surface area contributed by atoms with Gasteiger partial charge in [-0.3, -0.25) is 9.59 Å². The number of amides is 2. The van der Waals surface area contributed by atoms with Crippen LogP contribution >= 0.6 is 0 Å². The van der Waals surface area contributed by atoms with Crippen LogP contribution in [-0.2, 0) is 9.59 Å². The van der Waals surface area contributed by atoms with Crippen LogP contribution in [0.4, 0.5) is 0 Å². The Hall–Kier alpha value is -0.685. The fraction of sp³-hybridized carbons (Fsp3) is 0.800. The van der Waals surface area contributed by atoms with E-state index < -0.39 is 18.3 Å². The number of nitrogens with zero attached hydrogens (tertiary/aromatic N) is 1. The van der Waals surface area contributed by atoms with E-state index in [0.717, 1.165) is 6.42 Å². The van der Waals surface area contributed by atoms with Crippen molar-refractivity contribution in [1.82, 2.24) is 15.5 Å². The predicted molar refractivity (Wildman–Crippen MR) is 101 cm³/mol. The molecular weight excluding hydrogens is 284 g/mol. The second-order valence-electron chi connectivity index (χ2n) is 5.34. The Labute approximate surface area is 146 Å². The van der Waals surface area contributed by atoms with Gasteiger partial charge in [-0.05, 0) is 26.9 Å². The van der Waals surface area contributed by atoms with Gasteiger partial charge in [-0.25, -0.2) is 0 Å². The molecule has 1 aliphatic rings. The second kappa shape index (κ2) is 11.8. The first-order valence-electron chi connectivity index (χ1n) is 7.53. The Balaban J connectivity index is 0.000000585. The third-order valence-corrected chi connectivity index (χ3v) is 3.59. The molecule has 2 atom stereocenters. The van der Waals surface area contributed by atoms with Crippen LogP contribution in [0.5, 0.6) is 0 Å². The maximum atomic E-state index is 12.1. The molecule has 1 rings (SSSR count). The molecule has 0 aromatic heterocycles. The summed E-state index contributed by atoms with van der Waals surface area (Å²) in [6, 6.07) is -0.731. The molecule has 113 valence electrons. The molecule has 1 fully saturated rings. The first-order valence-corrected chi connectivity index (χ1v) is 7.53. The molecule has 0 saturated carbocycles. The van der Waals surface area contributed by atoms with Crippen LogP contribution in [0, 0.1) is 0 Å². The van der Waals surface area contributed by atoms with Gasteiger partial charge in [0.25, 0.3) is 0 Å². The van der Waals surface area contributed by atoms with Crippen molar-refractivity contribution in [3.63, 3.8) is 0 Å². The Morgan fingerprint density at radius 3 is 2.35 bits per heavy atom. The fourth-order valence-electron chi connectivity index (χ4n) is 2.17. The summed E-state index contributed by atoms with van der Waals surface area (Å²) in [6.45, 7) is 1.16. The number of nitrogens with two attached hydrogens (primary N) is 1. The number of hydrogen-bond acceptors (Lipinski definition) is 4. The molecule has 6 nitrogen and oxygen atoms in total. The summed E-state index contributed by atoms with van der Waals surface area (Å²) in [7, 11) is 25.1. The van der Waals surface area contributed by atoms with Gasteiger partial charge >= 0.3 is 0 Å². The average molecular weight is 304 g/mol. The summed E-state index contributed by atoms with van der Waals surface area (Å²) in [5.41, 5.74) is 5.27. The molecule has 1 aliphatic heterocycles. The lowest BCUT2D eigenvalue weighted by molar-refractivity contribution is -0.138. The highest BCUT2D eigenvalue weighted by Crippen LogP contribution is 2.17. The zero-order valence-corrected chi connectivity index (χ0v) is 13.9. The number of carbonyl (C=O) groups excluding carboxylic acids is 2. The summed E-state index contributed by atoms with van der Waals surface area (Å²) in [5, 5.41) is 5.87. The molecule has 0 spiro atoms. The number of rotatable bonds is 7. The van der Waals surface area contributed by atoms with E-state index in [2.05, 4.69) is 10.6 Å². The first-order chi connectivity index (χ1) is 10.8. The van der Waals surface area contributed by atoms with Crippen molar-refractivity contribution in [1.29, 1.82) is 0 Å². The first kappa shape index (κ1) is 22.3. The molecule has 13 heteroatoms. The predicted octanol–water partition coefficient (Wildman–Crippen LogP) is -4.40. The lowest BCUT2D eigenvalue weighted by Crippen LogP contribution is -2.53. The van der Waals surface area contributed by atoms with E-state index in [9.17, 15) is 9.59 Å². The molecule has 4 N–H and O–H groups in total. The van der Waals surface area contributed by atoms with Gasteiger partial charge in [-0.1, -0.05) is 0 Å². The number of primary amides is 1. The van der Waals surface area contributed by atoms with Crippen LogP contribution in [-0.4, -0.2) is 107 Å². The highest BCUT2D eigenvalue weighted by Gasteiger charge is 2.35. The number of likely N-dealkylation sites (tertiary alicyclic amines) is 1. The van der Waals surface area contributed by atoms with Gasteiger partial charge in [0.2, 0.25) is 11.8 Å². The number of carbonyl (C=O) groups is 2. The van der Waals surface area contributed by atoms with Gasteiger partial charge in [0.15, 0.2) is 0 Å². The molecule has 0 aromatic carbocycles. The van der Waals surface area contributed by atoms with Gasteiger partial charge in [-0.15, -0.1) is 0 Å². The van der Waals surface area contributed by atoms with E-state index in [1.165, 1.54) is 7.06 Å². The lowest BCUT2D eigenvalue weighted by atomic mass is 8.76. The van der Waals surface area contributed by atoms with Gasteiger partial charge in [0.1, 0.15) is 6.04 Å². The molecule has 9 radical (unpaired) electrons. The second-order valence-corrected chi connectivity index (χ2v) is 5.34. The quantitative estimate of drug-likeness (QED) is 0.415. The zero-order chi connectivity index (χ0) is 18.0. The van der Waals surface area contributed by atoms with Crippen LogP contribution < -0.4 is 16.4 Å². The van der Waals surface area contributed by atoms with E-state index in [-0.39, 0.29) is 18.3 Å². The highest BCUT2D eigenvalue weighted by molar-refractivity contribution is 7.81. The van der Waals surface area contributed by atoms with Crippen molar-refractivity contribution in [2.75, 3.05) is 27.2 Å². The molecule has 2 unspecified atom stereocenters. The maximum Gasteiger partial charge on any atom is 0.241 e. The Kier molecular flexibility index (Phi) is 11.4. The lowest BCUT2D eigenvalue weighted by Gasteiger charge is -2.26. The van der Waals surface area contributed by atoms with Crippen molar-refractivity contribution in [3.05, 3.63) is 0 Å². The van der Waals surface area contributed by atoms with Crippen molar-refractivity contribution in [3.8, 4) is 0 Å². The Morgan fingerprint density at radius 2 is 2.00 bits per heavy atom. The van der Waals surface area contributed by atoms with Crippen LogP contribution in [0.2, 0.25) is 0 Å². The molecule has 0 aliphatic carbocycles. The number of nitrogens with one attached hydrogen (secondary N) is 2. The summed E-state index contributed by atoms with van der Waals surface area (Å²) >= 11 is 0. The van der Waals surface area contributed by atoms with E-state index in [0.29, 0.717) is 19.5 Å². The normalized spacial score (nSPS) is 17.7. The minimum Gasteiger partial charge on any atom is -0.368 e. The summed E-state index contributed by atoms with van der Waals surface area (Å²) in [5.74, 6) is -0.469. The summed E-state index contributed by atoms with van der Waals surface area (Å²) in [6.07, 6.45) is 0.594. The largest absolute Gasteiger partial charge is 0.368 e. The highest BCUT2D eigenvalue weighted by atomic mass is 16.2. The maximum absolute atomic E-state index is 12.1. The van der Waals surface area contributed by atoms with Crippen LogP contribution in [0.3, 0.4) is 0 Å². The van der Waals surface area contributed by atoms with Gasteiger partial charge in [0.05, 0.1) is 6.04 Å². The fourth-order valence-corrected chi connectivity index (χ4v) is 2.17. The smallest absolute Gasteiger partial charge is 0.241 e. The monoisotopic (exact) mass is 305 g/mol. The van der Waals surface area contributed by atoms with Crippen molar-refractivity contribution >= 4 is 62.6 Å². The van der Waals surface area contributed by atoms with E-state index in [1.54, 1.807) is 19.0 Å². The molecule has 1 saturated heterocycles. The van der Waals surface area contributed by atoms with Crippen molar-refractivity contribution < 1.29 is 9.59 Å². The molecule has 0 aromatic rings. The van der Waals surface area contributed by atoms with Gasteiger partial charge in [0, 0.05) is 63.9 Å². The summed E-state index contributed by atoms with van der Waals surface area (Å²) in [4.78, 5) is 24.9. The Morgan fingerprint density at radius 1 is 1.39 bits per heavy atom. The SMILES string of the molecule is CNCC(NC)C(=O)N1CCCC1C(N)=O.[B][B]B([B])B([B])[B]. The van der Waals surface area contributed by atoms with Crippen molar-refractivity contribution in [2.45, 2.75) is 24.9 Å². The van der Waals surface area contributed by atoms with E-state index in [4.69, 9.17) is 36.7 Å². The molecule has 0 bridgehead atoms. The van der Waals surface area contributed by atoms with Crippen LogP contribution in [0.15, 0.2) is 0 Å². The number of likely N-dealkylation sites (N-methyl/N-ethyl adjacent to an activating group) is 2. The molecular formula is C10H20B7N4O2. The standard InChI is InChI=1S/C10H20N4O2.B7/c1-12-6-7(13-2)10(16)14-5-3-4-8(14)9(11)15;1-5-7(4)6(2)3/h7-8,12-13H,3-6H2,1-2H3,(H2,11,15);. The third-order valence-electron chi connectivity index (χ3n) is 3.59. The molecule has 2 amide bonds. The van der Waals surface area contributed by atoms with Gasteiger partial charge < -0.3 is 21.3 Å². The molecule has 23 heavy (non-hydrogen) atoms. The van der Waals surface area contributed by atoms with E-state index >= 15 is 0 Å². The topological polar surface area (TPSA) is 87.5 Å². The van der Waals surface area contributed by atoms with Crippen LogP contribution in [0.1, 0.15) is 12.8 Å². The van der Waals surface area contributed by atoms with Crippen molar-refractivity contribution in [2.24, 2.45) is 5.73 Å². The Bertz CT molecular complexity index is 377. The third kappa shape index (κ3) is 7.61. The van der Waals surface area contributed by atoms with E-state index in [1.807, 2.05) is 0 Å². The van der Waals surface area contributed by atoms with Gasteiger partial charge in [-0.2, -0.15) is 0 Å². The molecule has 1 heterocycles. The minimum absolute atomic E-state index is 0.0573. The average Bonchev–Trinajstić information content (AvgIpc) is 3.01. The summed E-state index contributed by atoms with van der Waals surface area (Å²) < 4.78 is 0.